The van der Waals surface area contributed by atoms with Gasteiger partial charge in [-0.2, -0.15) is 0 Å². The first-order chi connectivity index (χ1) is 6.74. The van der Waals surface area contributed by atoms with Crippen LogP contribution in [0.5, 0.6) is 0 Å². The van der Waals surface area contributed by atoms with Crippen molar-refractivity contribution < 1.29 is 9.50 Å². The molecule has 1 aromatic rings. The highest BCUT2D eigenvalue weighted by molar-refractivity contribution is 5.35. The molecule has 0 amide bonds. The molecule has 1 atom stereocenters. The molecule has 0 bridgehead atoms. The summed E-state index contributed by atoms with van der Waals surface area (Å²) in [6.07, 6.45) is 2.69. The van der Waals surface area contributed by atoms with Gasteiger partial charge in [-0.25, -0.2) is 9.37 Å². The van der Waals surface area contributed by atoms with E-state index in [-0.39, 0.29) is 5.82 Å². The molecule has 0 radical (unpaired) electrons. The smallest absolute Gasteiger partial charge is 0.165 e. The molecule has 0 aliphatic carbocycles. The first kappa shape index (κ1) is 10.9. The first-order valence-electron chi connectivity index (χ1n) is 4.76. The van der Waals surface area contributed by atoms with Crippen LogP contribution >= 0.6 is 0 Å². The number of nitrogens with zero attached hydrogens (tertiary/aromatic N) is 1. The number of aromatic nitrogens is 1. The van der Waals surface area contributed by atoms with E-state index in [0.29, 0.717) is 13.0 Å². The number of nitrogens with one attached hydrogen (secondary N) is 1. The van der Waals surface area contributed by atoms with Crippen molar-refractivity contribution in [2.75, 3.05) is 11.9 Å². The van der Waals surface area contributed by atoms with Gasteiger partial charge in [0.2, 0.25) is 0 Å². The highest BCUT2D eigenvalue weighted by Crippen LogP contribution is 2.08. The number of anilines is 1. The van der Waals surface area contributed by atoms with E-state index in [1.165, 1.54) is 18.3 Å². The van der Waals surface area contributed by atoms with Gasteiger partial charge in [0.1, 0.15) is 0 Å². The second-order valence-electron chi connectivity index (χ2n) is 3.16. The maximum Gasteiger partial charge on any atom is 0.165 e. The molecule has 1 unspecified atom stereocenters. The van der Waals surface area contributed by atoms with Gasteiger partial charge in [0.15, 0.2) is 11.6 Å². The molecular formula is C10H15FN2O. The highest BCUT2D eigenvalue weighted by atomic mass is 19.1. The van der Waals surface area contributed by atoms with E-state index in [2.05, 4.69) is 10.3 Å². The minimum atomic E-state index is -0.443. The van der Waals surface area contributed by atoms with E-state index in [1.54, 1.807) is 0 Å². The molecule has 0 spiro atoms. The lowest BCUT2D eigenvalue weighted by molar-refractivity contribution is 0.176. The molecule has 1 aromatic heterocycles. The Morgan fingerprint density at radius 3 is 3.07 bits per heavy atom. The van der Waals surface area contributed by atoms with Crippen LogP contribution in [0.3, 0.4) is 0 Å². The number of aliphatic hydroxyl groups excluding tert-OH is 1. The molecule has 1 rings (SSSR count). The van der Waals surface area contributed by atoms with Crippen LogP contribution in [-0.4, -0.2) is 22.7 Å². The van der Waals surface area contributed by atoms with Crippen molar-refractivity contribution in [2.45, 2.75) is 25.9 Å². The van der Waals surface area contributed by atoms with Crippen molar-refractivity contribution in [1.29, 1.82) is 0 Å². The largest absolute Gasteiger partial charge is 0.391 e. The molecule has 0 aliphatic heterocycles. The summed E-state index contributed by atoms with van der Waals surface area (Å²) in [6.45, 7) is 2.33. The van der Waals surface area contributed by atoms with Crippen LogP contribution < -0.4 is 5.32 Å². The normalized spacial score (nSPS) is 12.5. The zero-order valence-electron chi connectivity index (χ0n) is 8.20. The topological polar surface area (TPSA) is 45.1 Å². The Kier molecular flexibility index (Phi) is 4.32. The Hall–Kier alpha value is -1.16. The van der Waals surface area contributed by atoms with Crippen molar-refractivity contribution in [3.05, 3.63) is 24.1 Å². The van der Waals surface area contributed by atoms with Gasteiger partial charge in [0.05, 0.1) is 6.10 Å². The van der Waals surface area contributed by atoms with E-state index in [1.807, 2.05) is 6.92 Å². The van der Waals surface area contributed by atoms with E-state index in [0.717, 1.165) is 6.42 Å². The number of pyridine rings is 1. The van der Waals surface area contributed by atoms with E-state index in [4.69, 9.17) is 0 Å². The summed E-state index contributed by atoms with van der Waals surface area (Å²) in [5, 5.41) is 12.2. The van der Waals surface area contributed by atoms with Gasteiger partial charge in [-0.1, -0.05) is 13.3 Å². The molecule has 3 nitrogen and oxygen atoms in total. The minimum absolute atomic E-state index is 0.197. The second kappa shape index (κ2) is 5.54. The Balaban J connectivity index is 2.41. The van der Waals surface area contributed by atoms with Crippen molar-refractivity contribution in [1.82, 2.24) is 4.98 Å². The van der Waals surface area contributed by atoms with Gasteiger partial charge >= 0.3 is 0 Å². The van der Waals surface area contributed by atoms with Gasteiger partial charge in [0.25, 0.3) is 0 Å². The Morgan fingerprint density at radius 2 is 2.43 bits per heavy atom. The van der Waals surface area contributed by atoms with E-state index >= 15 is 0 Å². The average Bonchev–Trinajstić information content (AvgIpc) is 2.17. The number of aliphatic hydroxyl groups is 1. The number of halogens is 1. The number of rotatable bonds is 5. The third-order valence-electron chi connectivity index (χ3n) is 1.89. The van der Waals surface area contributed by atoms with Crippen LogP contribution in [0.25, 0.3) is 0 Å². The monoisotopic (exact) mass is 198 g/mol. The molecular weight excluding hydrogens is 183 g/mol. The first-order valence-corrected chi connectivity index (χ1v) is 4.76. The summed E-state index contributed by atoms with van der Waals surface area (Å²) in [7, 11) is 0. The fraction of sp³-hybridized carbons (Fsp3) is 0.500. The van der Waals surface area contributed by atoms with Crippen molar-refractivity contribution in [2.24, 2.45) is 0 Å². The van der Waals surface area contributed by atoms with Gasteiger partial charge in [-0.3, -0.25) is 0 Å². The maximum absolute atomic E-state index is 13.0. The van der Waals surface area contributed by atoms with E-state index < -0.39 is 11.9 Å². The molecule has 2 N–H and O–H groups in total. The fourth-order valence-corrected chi connectivity index (χ4v) is 1.17. The van der Waals surface area contributed by atoms with Crippen LogP contribution in [-0.2, 0) is 0 Å². The second-order valence-corrected chi connectivity index (χ2v) is 3.16. The van der Waals surface area contributed by atoms with Crippen LogP contribution in [0, 0.1) is 5.82 Å². The molecule has 0 saturated carbocycles. The fourth-order valence-electron chi connectivity index (χ4n) is 1.17. The van der Waals surface area contributed by atoms with Crippen molar-refractivity contribution in [3.63, 3.8) is 0 Å². The zero-order chi connectivity index (χ0) is 10.4. The number of hydrogen-bond donors (Lipinski definition) is 2. The lowest BCUT2D eigenvalue weighted by atomic mass is 10.2. The van der Waals surface area contributed by atoms with Crippen LogP contribution in [0.4, 0.5) is 10.2 Å². The summed E-state index contributed by atoms with van der Waals surface area (Å²) in [5.74, 6) is -0.196. The molecule has 0 aliphatic rings. The Morgan fingerprint density at radius 1 is 1.64 bits per heavy atom. The summed E-state index contributed by atoms with van der Waals surface area (Å²) in [5.41, 5.74) is 0. The molecule has 14 heavy (non-hydrogen) atoms. The lowest BCUT2D eigenvalue weighted by Gasteiger charge is -2.11. The minimum Gasteiger partial charge on any atom is -0.391 e. The van der Waals surface area contributed by atoms with Gasteiger partial charge < -0.3 is 10.4 Å². The van der Waals surface area contributed by atoms with Gasteiger partial charge in [-0.15, -0.1) is 0 Å². The van der Waals surface area contributed by atoms with Crippen molar-refractivity contribution >= 4 is 5.82 Å². The van der Waals surface area contributed by atoms with E-state index in [9.17, 15) is 9.50 Å². The molecule has 0 aromatic carbocycles. The third kappa shape index (κ3) is 3.30. The predicted molar refractivity (Wildman–Crippen MR) is 53.6 cm³/mol. The third-order valence-corrected chi connectivity index (χ3v) is 1.89. The molecule has 1 heterocycles. The number of hydrogen-bond acceptors (Lipinski definition) is 3. The molecule has 0 saturated heterocycles. The van der Waals surface area contributed by atoms with Crippen molar-refractivity contribution in [3.8, 4) is 0 Å². The van der Waals surface area contributed by atoms with Crippen LogP contribution in [0.1, 0.15) is 19.8 Å². The highest BCUT2D eigenvalue weighted by Gasteiger charge is 2.05. The van der Waals surface area contributed by atoms with Crippen LogP contribution in [0.2, 0.25) is 0 Å². The maximum atomic E-state index is 13.0. The average molecular weight is 198 g/mol. The summed E-state index contributed by atoms with van der Waals surface area (Å²) >= 11 is 0. The standard InChI is InChI=1S/C10H15FN2O/c1-2-4-8(14)7-13-10-9(11)5-3-6-12-10/h3,5-6,8,14H,2,4,7H2,1H3,(H,12,13). The van der Waals surface area contributed by atoms with Crippen LogP contribution in [0.15, 0.2) is 18.3 Å². The zero-order valence-corrected chi connectivity index (χ0v) is 8.20. The molecule has 4 heteroatoms. The quantitative estimate of drug-likeness (QED) is 0.758. The Labute approximate surface area is 83.0 Å². The summed E-state index contributed by atoms with van der Waals surface area (Å²) in [6, 6.07) is 2.87. The van der Waals surface area contributed by atoms with Gasteiger partial charge in [0, 0.05) is 12.7 Å². The van der Waals surface area contributed by atoms with Gasteiger partial charge in [-0.05, 0) is 18.6 Å². The predicted octanol–water partition coefficient (Wildman–Crippen LogP) is 1.79. The molecule has 0 fully saturated rings. The Bertz CT molecular complexity index is 281. The SMILES string of the molecule is CCCC(O)CNc1ncccc1F. The lowest BCUT2D eigenvalue weighted by Crippen LogP contribution is -2.20. The molecule has 78 valence electrons. The summed E-state index contributed by atoms with van der Waals surface area (Å²) in [4.78, 5) is 3.81. The summed E-state index contributed by atoms with van der Waals surface area (Å²) < 4.78 is 13.0.